The largest absolute Gasteiger partial charge is 0.497 e. The van der Waals surface area contributed by atoms with Crippen LogP contribution in [0, 0.1) is 12.8 Å². The number of ether oxygens (including phenoxy) is 1. The lowest BCUT2D eigenvalue weighted by Crippen LogP contribution is -2.49. The van der Waals surface area contributed by atoms with Crippen molar-refractivity contribution in [3.05, 3.63) is 72.3 Å². The number of benzene rings is 2. The number of carbonyl (C=O) groups is 2. The highest BCUT2D eigenvalue weighted by atomic mass is 16.5. The molecule has 158 valence electrons. The monoisotopic (exact) mass is 407 g/mol. The maximum atomic E-state index is 13.0. The molecule has 3 amide bonds. The molecule has 0 radical (unpaired) electrons. The van der Waals surface area contributed by atoms with Gasteiger partial charge in [0.05, 0.1) is 13.0 Å². The number of piperidine rings is 1. The molecule has 1 fully saturated rings. The van der Waals surface area contributed by atoms with Crippen molar-refractivity contribution < 1.29 is 14.3 Å². The Hall–Kier alpha value is -3.28. The number of hydrogen-bond acceptors (Lipinski definition) is 3. The second kappa shape index (κ2) is 9.96. The van der Waals surface area contributed by atoms with Gasteiger partial charge in [0, 0.05) is 37.3 Å². The molecule has 1 aliphatic heterocycles. The minimum absolute atomic E-state index is 0.0496. The van der Waals surface area contributed by atoms with Crippen LogP contribution in [0.15, 0.2) is 61.2 Å². The second-order valence-electron chi connectivity index (χ2n) is 7.64. The van der Waals surface area contributed by atoms with Crippen molar-refractivity contribution in [2.45, 2.75) is 19.3 Å². The van der Waals surface area contributed by atoms with E-state index in [1.807, 2.05) is 37.3 Å². The van der Waals surface area contributed by atoms with E-state index in [0.717, 1.165) is 11.1 Å². The Balaban J connectivity index is 1.79. The molecule has 1 heterocycles. The summed E-state index contributed by atoms with van der Waals surface area (Å²) in [5.74, 6) is 0.437. The third-order valence-electron chi connectivity index (χ3n) is 5.36. The molecule has 3 rings (SSSR count). The normalized spacial score (nSPS) is 18.4. The average Bonchev–Trinajstić information content (AvgIpc) is 2.77. The molecule has 2 aromatic carbocycles. The molecule has 0 aliphatic carbocycles. The van der Waals surface area contributed by atoms with Gasteiger partial charge in [-0.25, -0.2) is 4.79 Å². The smallest absolute Gasteiger partial charge is 0.321 e. The van der Waals surface area contributed by atoms with Gasteiger partial charge in [0.15, 0.2) is 0 Å². The lowest BCUT2D eigenvalue weighted by Gasteiger charge is -2.37. The van der Waals surface area contributed by atoms with Gasteiger partial charge >= 0.3 is 6.03 Å². The average molecular weight is 408 g/mol. The van der Waals surface area contributed by atoms with Crippen LogP contribution in [0.1, 0.15) is 23.5 Å². The number of nitrogens with zero attached hydrogens (tertiary/aromatic N) is 1. The van der Waals surface area contributed by atoms with Crippen LogP contribution >= 0.6 is 0 Å². The van der Waals surface area contributed by atoms with E-state index in [0.29, 0.717) is 37.5 Å². The van der Waals surface area contributed by atoms with Crippen LogP contribution in [0.2, 0.25) is 0 Å². The molecule has 0 saturated carbocycles. The lowest BCUT2D eigenvalue weighted by molar-refractivity contribution is -0.126. The van der Waals surface area contributed by atoms with Crippen molar-refractivity contribution >= 4 is 17.6 Å². The maximum Gasteiger partial charge on any atom is 0.321 e. The Morgan fingerprint density at radius 2 is 2.00 bits per heavy atom. The summed E-state index contributed by atoms with van der Waals surface area (Å²) in [5, 5.41) is 5.81. The zero-order valence-electron chi connectivity index (χ0n) is 17.6. The number of aryl methyl sites for hydroxylation is 1. The third-order valence-corrected chi connectivity index (χ3v) is 5.36. The standard InChI is InChI=1S/C24H29N3O3/c1-4-11-25-23(28)20-13-19(18-8-5-7-17(2)12-18)15-27(16-20)24(29)26-21-9-6-10-22(14-21)30-3/h4-10,12,14,19-20H,1,11,13,15-16H2,2-3H3,(H,25,28)(H,26,29)/t19-,20-/m0/s1. The summed E-state index contributed by atoms with van der Waals surface area (Å²) in [4.78, 5) is 27.4. The van der Waals surface area contributed by atoms with E-state index < -0.39 is 0 Å². The van der Waals surface area contributed by atoms with Crippen molar-refractivity contribution in [3.63, 3.8) is 0 Å². The first-order valence-corrected chi connectivity index (χ1v) is 10.1. The summed E-state index contributed by atoms with van der Waals surface area (Å²) in [7, 11) is 1.59. The van der Waals surface area contributed by atoms with E-state index in [2.05, 4.69) is 29.3 Å². The van der Waals surface area contributed by atoms with Gasteiger partial charge in [-0.1, -0.05) is 42.0 Å². The number of nitrogens with one attached hydrogen (secondary N) is 2. The predicted molar refractivity (Wildman–Crippen MR) is 119 cm³/mol. The topological polar surface area (TPSA) is 70.7 Å². The molecule has 2 aromatic rings. The SMILES string of the molecule is C=CCNC(=O)[C@H]1C[C@H](c2cccc(C)c2)CN(C(=O)Nc2cccc(OC)c2)C1. The minimum atomic E-state index is -0.278. The second-order valence-corrected chi connectivity index (χ2v) is 7.64. The van der Waals surface area contributed by atoms with Crippen LogP contribution in [0.25, 0.3) is 0 Å². The Morgan fingerprint density at radius 3 is 2.73 bits per heavy atom. The molecule has 6 heteroatoms. The molecule has 30 heavy (non-hydrogen) atoms. The first kappa shape index (κ1) is 21.4. The van der Waals surface area contributed by atoms with E-state index in [4.69, 9.17) is 4.74 Å². The van der Waals surface area contributed by atoms with E-state index in [9.17, 15) is 9.59 Å². The fourth-order valence-electron chi connectivity index (χ4n) is 3.84. The summed E-state index contributed by atoms with van der Waals surface area (Å²) in [6.45, 7) is 7.06. The summed E-state index contributed by atoms with van der Waals surface area (Å²) >= 11 is 0. The molecule has 6 nitrogen and oxygen atoms in total. The van der Waals surface area contributed by atoms with Gasteiger partial charge in [0.25, 0.3) is 0 Å². The number of anilines is 1. The quantitative estimate of drug-likeness (QED) is 0.713. The van der Waals surface area contributed by atoms with Crippen LogP contribution < -0.4 is 15.4 Å². The maximum absolute atomic E-state index is 13.0. The van der Waals surface area contributed by atoms with Crippen LogP contribution in [-0.4, -0.2) is 43.6 Å². The molecule has 1 saturated heterocycles. The fraction of sp³-hybridized carbons (Fsp3) is 0.333. The predicted octanol–water partition coefficient (Wildman–Crippen LogP) is 3.94. The molecular weight excluding hydrogens is 378 g/mol. The van der Waals surface area contributed by atoms with Crippen LogP contribution in [0.3, 0.4) is 0 Å². The van der Waals surface area contributed by atoms with Crippen molar-refractivity contribution in [3.8, 4) is 5.75 Å². The van der Waals surface area contributed by atoms with Crippen molar-refractivity contribution in [1.82, 2.24) is 10.2 Å². The number of methoxy groups -OCH3 is 1. The fourth-order valence-corrected chi connectivity index (χ4v) is 3.84. The first-order valence-electron chi connectivity index (χ1n) is 10.1. The Labute approximate surface area is 177 Å². The van der Waals surface area contributed by atoms with Gasteiger partial charge in [0.1, 0.15) is 5.75 Å². The Morgan fingerprint density at radius 1 is 1.20 bits per heavy atom. The van der Waals surface area contributed by atoms with Crippen LogP contribution in [-0.2, 0) is 4.79 Å². The van der Waals surface area contributed by atoms with Crippen molar-refractivity contribution in [2.75, 3.05) is 32.1 Å². The Kier molecular flexibility index (Phi) is 7.12. The number of hydrogen-bond donors (Lipinski definition) is 2. The van der Waals surface area contributed by atoms with Gasteiger partial charge < -0.3 is 20.3 Å². The lowest BCUT2D eigenvalue weighted by atomic mass is 9.83. The van der Waals surface area contributed by atoms with Gasteiger partial charge in [-0.3, -0.25) is 4.79 Å². The van der Waals surface area contributed by atoms with Gasteiger partial charge in [0.2, 0.25) is 5.91 Å². The molecule has 0 bridgehead atoms. The number of rotatable bonds is 6. The number of carbonyl (C=O) groups excluding carboxylic acids is 2. The Bertz CT molecular complexity index is 912. The van der Waals surface area contributed by atoms with Crippen LogP contribution in [0.4, 0.5) is 10.5 Å². The zero-order chi connectivity index (χ0) is 21.5. The number of amides is 3. The van der Waals surface area contributed by atoms with E-state index in [1.54, 1.807) is 24.2 Å². The summed E-state index contributed by atoms with van der Waals surface area (Å²) in [5.41, 5.74) is 2.97. The summed E-state index contributed by atoms with van der Waals surface area (Å²) < 4.78 is 5.23. The van der Waals surface area contributed by atoms with E-state index in [-0.39, 0.29) is 23.8 Å². The highest BCUT2D eigenvalue weighted by Gasteiger charge is 2.34. The number of urea groups is 1. The van der Waals surface area contributed by atoms with Crippen LogP contribution in [0.5, 0.6) is 5.75 Å². The highest BCUT2D eigenvalue weighted by Crippen LogP contribution is 2.31. The van der Waals surface area contributed by atoms with E-state index in [1.165, 1.54) is 0 Å². The molecular formula is C24H29N3O3. The number of likely N-dealkylation sites (tertiary alicyclic amines) is 1. The summed E-state index contributed by atoms with van der Waals surface area (Å²) in [6, 6.07) is 15.3. The van der Waals surface area contributed by atoms with E-state index >= 15 is 0 Å². The van der Waals surface area contributed by atoms with Crippen molar-refractivity contribution in [2.24, 2.45) is 5.92 Å². The van der Waals surface area contributed by atoms with Gasteiger partial charge in [-0.05, 0) is 31.0 Å². The molecule has 2 N–H and O–H groups in total. The van der Waals surface area contributed by atoms with Gasteiger partial charge in [-0.15, -0.1) is 6.58 Å². The molecule has 1 aliphatic rings. The van der Waals surface area contributed by atoms with Gasteiger partial charge in [-0.2, -0.15) is 0 Å². The minimum Gasteiger partial charge on any atom is -0.497 e. The zero-order valence-corrected chi connectivity index (χ0v) is 17.6. The molecule has 0 spiro atoms. The third kappa shape index (κ3) is 5.41. The molecule has 0 aromatic heterocycles. The first-order chi connectivity index (χ1) is 14.5. The molecule has 0 unspecified atom stereocenters. The highest BCUT2D eigenvalue weighted by molar-refractivity contribution is 5.90. The molecule has 2 atom stereocenters. The van der Waals surface area contributed by atoms with Crippen molar-refractivity contribution in [1.29, 1.82) is 0 Å². The summed E-state index contributed by atoms with van der Waals surface area (Å²) in [6.07, 6.45) is 2.36.